The van der Waals surface area contributed by atoms with Gasteiger partial charge in [-0.2, -0.15) is 0 Å². The van der Waals surface area contributed by atoms with Gasteiger partial charge in [0.05, 0.1) is 25.7 Å². The summed E-state index contributed by atoms with van der Waals surface area (Å²) in [4.78, 5) is 1.96. The van der Waals surface area contributed by atoms with E-state index in [0.29, 0.717) is 18.1 Å². The molecule has 1 fully saturated rings. The summed E-state index contributed by atoms with van der Waals surface area (Å²) in [7, 11) is 0.214. The largest absolute Gasteiger partial charge is 0.497 e. The molecule has 28 heavy (non-hydrogen) atoms. The molecule has 1 aliphatic heterocycles. The minimum atomic E-state index is -3.02. The van der Waals surface area contributed by atoms with Gasteiger partial charge in [-0.25, -0.2) is 8.42 Å². The van der Waals surface area contributed by atoms with Crippen molar-refractivity contribution in [2.45, 2.75) is 19.0 Å². The third-order valence-corrected chi connectivity index (χ3v) is 6.85. The average Bonchev–Trinajstić information content (AvgIpc) is 3.06. The van der Waals surface area contributed by atoms with Crippen LogP contribution in [0.3, 0.4) is 0 Å². The Bertz CT molecular complexity index is 912. The maximum absolute atomic E-state index is 12.0. The number of rotatable bonds is 6. The van der Waals surface area contributed by atoms with E-state index in [1.54, 1.807) is 14.2 Å². The Morgan fingerprint density at radius 3 is 2.14 bits per heavy atom. The number of hydrogen-bond donors (Lipinski definition) is 1. The quantitative estimate of drug-likeness (QED) is 0.720. The predicted octanol–water partition coefficient (Wildman–Crippen LogP) is 3.09. The molecule has 0 radical (unpaired) electrons. The van der Waals surface area contributed by atoms with Gasteiger partial charge in [0.25, 0.3) is 0 Å². The molecular formula is C20H24N2O4S2. The molecule has 0 spiro atoms. The van der Waals surface area contributed by atoms with Crippen molar-refractivity contribution in [2.24, 2.45) is 0 Å². The summed E-state index contributed by atoms with van der Waals surface area (Å²) in [6.45, 7) is 0.520. The molecule has 0 amide bonds. The number of hydrogen-bond acceptors (Lipinski definition) is 5. The number of sulfone groups is 1. The van der Waals surface area contributed by atoms with Crippen LogP contribution in [0, 0.1) is 0 Å². The molecule has 1 heterocycles. The first kappa shape index (κ1) is 20.4. The molecular weight excluding hydrogens is 396 g/mol. The normalized spacial score (nSPS) is 17.7. The summed E-state index contributed by atoms with van der Waals surface area (Å²) in [6.07, 6.45) is 0.572. The highest BCUT2D eigenvalue weighted by molar-refractivity contribution is 7.91. The Hall–Kier alpha value is -2.32. The lowest BCUT2D eigenvalue weighted by atomic mass is 10.1. The molecule has 1 atom stereocenters. The Balaban J connectivity index is 1.78. The molecule has 0 unspecified atom stereocenters. The molecule has 0 aliphatic carbocycles. The molecule has 1 aliphatic rings. The summed E-state index contributed by atoms with van der Waals surface area (Å²) < 4.78 is 34.4. The maximum atomic E-state index is 12.0. The highest BCUT2D eigenvalue weighted by atomic mass is 32.2. The van der Waals surface area contributed by atoms with Crippen LogP contribution in [0.2, 0.25) is 0 Å². The smallest absolute Gasteiger partial charge is 0.174 e. The summed E-state index contributed by atoms with van der Waals surface area (Å²) in [5.74, 6) is 1.85. The van der Waals surface area contributed by atoms with Gasteiger partial charge in [0, 0.05) is 18.3 Å². The number of methoxy groups -OCH3 is 2. The topological polar surface area (TPSA) is 67.9 Å². The highest BCUT2D eigenvalue weighted by Gasteiger charge is 2.33. The fourth-order valence-corrected chi connectivity index (χ4v) is 5.25. The van der Waals surface area contributed by atoms with E-state index in [-0.39, 0.29) is 17.5 Å². The lowest BCUT2D eigenvalue weighted by Gasteiger charge is -2.31. The summed E-state index contributed by atoms with van der Waals surface area (Å²) in [6, 6.07) is 15.0. The SMILES string of the molecule is COc1ccc(CN(C(=S)Nc2ccc(OC)cc2)[C@@H]2CCS(=O)(=O)C2)cc1. The molecule has 1 N–H and O–H groups in total. The second-order valence-electron chi connectivity index (χ2n) is 6.69. The van der Waals surface area contributed by atoms with Gasteiger partial charge in [-0.15, -0.1) is 0 Å². The number of ether oxygens (including phenoxy) is 2. The standard InChI is InChI=1S/C20H24N2O4S2/c1-25-18-7-3-15(4-8-18)13-22(17-11-12-28(23,24)14-17)20(27)21-16-5-9-19(26-2)10-6-16/h3-10,17H,11-14H2,1-2H3,(H,21,27)/t17-/m1/s1. The monoisotopic (exact) mass is 420 g/mol. The average molecular weight is 421 g/mol. The zero-order valence-electron chi connectivity index (χ0n) is 15.9. The van der Waals surface area contributed by atoms with Crippen LogP contribution in [0.4, 0.5) is 5.69 Å². The van der Waals surface area contributed by atoms with Crippen LogP contribution in [0.25, 0.3) is 0 Å². The Morgan fingerprint density at radius 1 is 1.07 bits per heavy atom. The summed E-state index contributed by atoms with van der Waals surface area (Å²) in [5, 5.41) is 3.73. The van der Waals surface area contributed by atoms with Crippen molar-refractivity contribution in [2.75, 3.05) is 31.0 Å². The molecule has 8 heteroatoms. The molecule has 0 saturated carbocycles. The van der Waals surface area contributed by atoms with E-state index in [0.717, 1.165) is 22.7 Å². The Morgan fingerprint density at radius 2 is 1.64 bits per heavy atom. The summed E-state index contributed by atoms with van der Waals surface area (Å²) in [5.41, 5.74) is 1.86. The third kappa shape index (κ3) is 5.14. The number of nitrogens with zero attached hydrogens (tertiary/aromatic N) is 1. The van der Waals surface area contributed by atoms with Crippen LogP contribution >= 0.6 is 12.2 Å². The van der Waals surface area contributed by atoms with E-state index in [1.165, 1.54) is 0 Å². The van der Waals surface area contributed by atoms with E-state index in [1.807, 2.05) is 53.4 Å². The fraction of sp³-hybridized carbons (Fsp3) is 0.350. The Kier molecular flexibility index (Phi) is 6.41. The van der Waals surface area contributed by atoms with Gasteiger partial charge in [-0.05, 0) is 60.6 Å². The molecule has 1 saturated heterocycles. The highest BCUT2D eigenvalue weighted by Crippen LogP contribution is 2.23. The minimum Gasteiger partial charge on any atom is -0.497 e. The first-order valence-electron chi connectivity index (χ1n) is 8.95. The van der Waals surface area contributed by atoms with E-state index >= 15 is 0 Å². The Labute approximate surface area is 171 Å². The van der Waals surface area contributed by atoms with Crippen LogP contribution in [0.5, 0.6) is 11.5 Å². The third-order valence-electron chi connectivity index (χ3n) is 4.76. The van der Waals surface area contributed by atoms with Crippen molar-refractivity contribution in [3.8, 4) is 11.5 Å². The number of anilines is 1. The second-order valence-corrected chi connectivity index (χ2v) is 9.31. The lowest BCUT2D eigenvalue weighted by molar-refractivity contribution is 0.332. The van der Waals surface area contributed by atoms with Crippen molar-refractivity contribution >= 4 is 32.9 Å². The van der Waals surface area contributed by atoms with Gasteiger partial charge >= 0.3 is 0 Å². The zero-order chi connectivity index (χ0) is 20.1. The van der Waals surface area contributed by atoms with Gasteiger partial charge in [0.1, 0.15) is 11.5 Å². The number of thiocarbonyl (C=S) groups is 1. The van der Waals surface area contributed by atoms with E-state index in [9.17, 15) is 8.42 Å². The van der Waals surface area contributed by atoms with Crippen molar-refractivity contribution in [1.82, 2.24) is 4.90 Å². The lowest BCUT2D eigenvalue weighted by Crippen LogP contribution is -2.42. The molecule has 0 aromatic heterocycles. The van der Waals surface area contributed by atoms with Crippen molar-refractivity contribution < 1.29 is 17.9 Å². The number of nitrogens with one attached hydrogen (secondary N) is 1. The molecule has 0 bridgehead atoms. The van der Waals surface area contributed by atoms with Crippen LogP contribution in [-0.4, -0.2) is 50.2 Å². The van der Waals surface area contributed by atoms with E-state index in [2.05, 4.69) is 5.32 Å². The molecule has 3 rings (SSSR count). The fourth-order valence-electron chi connectivity index (χ4n) is 3.19. The molecule has 150 valence electrons. The van der Waals surface area contributed by atoms with Gasteiger partial charge < -0.3 is 19.7 Å². The minimum absolute atomic E-state index is 0.119. The van der Waals surface area contributed by atoms with Crippen LogP contribution in [0.1, 0.15) is 12.0 Å². The van der Waals surface area contributed by atoms with Gasteiger partial charge in [0.2, 0.25) is 0 Å². The van der Waals surface area contributed by atoms with Crippen molar-refractivity contribution in [1.29, 1.82) is 0 Å². The predicted molar refractivity (Wildman–Crippen MR) is 115 cm³/mol. The van der Waals surface area contributed by atoms with Gasteiger partial charge in [0.15, 0.2) is 14.9 Å². The van der Waals surface area contributed by atoms with E-state index in [4.69, 9.17) is 21.7 Å². The molecule has 2 aromatic rings. The molecule has 2 aromatic carbocycles. The van der Waals surface area contributed by atoms with Gasteiger partial charge in [-0.3, -0.25) is 0 Å². The second kappa shape index (κ2) is 8.79. The first-order valence-corrected chi connectivity index (χ1v) is 11.2. The van der Waals surface area contributed by atoms with Crippen molar-refractivity contribution in [3.05, 3.63) is 54.1 Å². The molecule has 6 nitrogen and oxygen atoms in total. The van der Waals surface area contributed by atoms with Gasteiger partial charge in [-0.1, -0.05) is 12.1 Å². The first-order chi connectivity index (χ1) is 13.4. The van der Waals surface area contributed by atoms with Crippen molar-refractivity contribution in [3.63, 3.8) is 0 Å². The van der Waals surface area contributed by atoms with E-state index < -0.39 is 9.84 Å². The summed E-state index contributed by atoms with van der Waals surface area (Å²) >= 11 is 5.64. The van der Waals surface area contributed by atoms with Crippen LogP contribution in [-0.2, 0) is 16.4 Å². The number of benzene rings is 2. The van der Waals surface area contributed by atoms with Crippen LogP contribution < -0.4 is 14.8 Å². The zero-order valence-corrected chi connectivity index (χ0v) is 17.6. The maximum Gasteiger partial charge on any atom is 0.174 e. The van der Waals surface area contributed by atoms with Crippen LogP contribution in [0.15, 0.2) is 48.5 Å².